The van der Waals surface area contributed by atoms with Gasteiger partial charge in [0.1, 0.15) is 23.7 Å². The van der Waals surface area contributed by atoms with Gasteiger partial charge >= 0.3 is 5.97 Å². The largest absolute Gasteiger partial charge is 0.455 e. The first-order valence-corrected chi connectivity index (χ1v) is 18.0. The van der Waals surface area contributed by atoms with Gasteiger partial charge < -0.3 is 34.4 Å². The Kier molecular flexibility index (Phi) is 10.0. The maximum absolute atomic E-state index is 15.0. The van der Waals surface area contributed by atoms with E-state index in [1.54, 1.807) is 23.1 Å². The van der Waals surface area contributed by atoms with E-state index in [0.717, 1.165) is 10.8 Å². The average Bonchev–Trinajstić information content (AvgIpc) is 3.53. The van der Waals surface area contributed by atoms with Crippen LogP contribution >= 0.6 is 0 Å². The summed E-state index contributed by atoms with van der Waals surface area (Å²) in [4.78, 5) is 60.9. The second kappa shape index (κ2) is 14.7. The van der Waals surface area contributed by atoms with Crippen LogP contribution < -0.4 is 10.2 Å². The Morgan fingerprint density at radius 2 is 1.71 bits per heavy atom. The number of rotatable bonds is 7. The molecule has 2 saturated heterocycles. The van der Waals surface area contributed by atoms with E-state index in [2.05, 4.69) is 5.32 Å². The van der Waals surface area contributed by atoms with Gasteiger partial charge in [0.15, 0.2) is 0 Å². The molecule has 1 spiro atoms. The number of ether oxygens (including phenoxy) is 3. The van der Waals surface area contributed by atoms with Crippen LogP contribution in [0.3, 0.4) is 0 Å². The summed E-state index contributed by atoms with van der Waals surface area (Å²) in [7, 11) is 1.51. The van der Waals surface area contributed by atoms with Crippen molar-refractivity contribution in [3.63, 3.8) is 0 Å². The number of likely N-dealkylation sites (tertiary alicyclic amines) is 1. The average molecular weight is 708 g/mol. The second-order valence-corrected chi connectivity index (χ2v) is 14.3. The molecule has 2 N–H and O–H groups in total. The highest BCUT2D eigenvalue weighted by Gasteiger charge is 2.72. The van der Waals surface area contributed by atoms with Gasteiger partial charge in [-0.25, -0.2) is 0 Å². The minimum atomic E-state index is -1.55. The van der Waals surface area contributed by atoms with Crippen molar-refractivity contribution in [3.8, 4) is 0 Å². The topological polar surface area (TPSA) is 135 Å². The van der Waals surface area contributed by atoms with Crippen LogP contribution in [0.5, 0.6) is 0 Å². The molecule has 0 aromatic heterocycles. The molecule has 4 heterocycles. The number of fused-ring (bicyclic) bond motifs is 3. The number of carbonyl (C=O) groups is 4. The Hall–Kier alpha value is -4.84. The molecular formula is C41H45N3O8. The predicted octanol–water partition coefficient (Wildman–Crippen LogP) is 4.11. The van der Waals surface area contributed by atoms with E-state index in [1.807, 2.05) is 92.7 Å². The molecule has 4 aliphatic rings. The third kappa shape index (κ3) is 6.20. The molecule has 11 nitrogen and oxygen atoms in total. The number of amides is 3. The zero-order valence-corrected chi connectivity index (χ0v) is 29.6. The number of hydrogen-bond acceptors (Lipinski definition) is 8. The molecule has 52 heavy (non-hydrogen) atoms. The fourth-order valence-corrected chi connectivity index (χ4v) is 8.38. The zero-order chi connectivity index (χ0) is 36.6. The van der Waals surface area contributed by atoms with E-state index >= 15 is 4.79 Å². The van der Waals surface area contributed by atoms with Crippen LogP contribution in [-0.2, 0) is 33.4 Å². The third-order valence-electron chi connectivity index (χ3n) is 10.9. The smallest absolute Gasteiger partial charge is 0.313 e. The lowest BCUT2D eigenvalue weighted by atomic mass is 9.77. The standard InChI is InChI=1S/C41H45N3O8/c1-25(2)31(23-45)44-37-39(48)43(29-19-18-26-12-7-8-15-28(26)22-29)21-11-20-41(37)35(38(44)47)34-32(52-41)16-9-10-17-33(46)42-30(24-50-3)36(51-40(34)49)27-13-5-4-6-14-27/h4-9,11-16,18-20,22,25,30-32,34-37,45H,10,17,21,23-24H2,1-3H3,(H,42,46)/b16-9-/t30-,31-,32-,34+,35+,36-,37-,41+/m0/s1. The number of aliphatic hydroxyl groups is 1. The first-order chi connectivity index (χ1) is 25.2. The van der Waals surface area contributed by atoms with Crippen LogP contribution in [0.4, 0.5) is 5.69 Å². The summed E-state index contributed by atoms with van der Waals surface area (Å²) in [6, 6.07) is 20.1. The number of methoxy groups -OCH3 is 1. The Morgan fingerprint density at radius 1 is 0.962 bits per heavy atom. The molecule has 0 radical (unpaired) electrons. The van der Waals surface area contributed by atoms with Gasteiger partial charge in [-0.3, -0.25) is 19.2 Å². The van der Waals surface area contributed by atoms with Crippen LogP contribution in [0.25, 0.3) is 10.8 Å². The van der Waals surface area contributed by atoms with Gasteiger partial charge in [0.05, 0.1) is 37.3 Å². The number of anilines is 1. The Morgan fingerprint density at radius 3 is 2.44 bits per heavy atom. The third-order valence-corrected chi connectivity index (χ3v) is 10.9. The lowest BCUT2D eigenvalue weighted by Gasteiger charge is -2.39. The molecule has 4 aliphatic heterocycles. The predicted molar refractivity (Wildman–Crippen MR) is 194 cm³/mol. The lowest BCUT2D eigenvalue weighted by molar-refractivity contribution is -0.163. The number of carbonyl (C=O) groups excluding carboxylic acids is 4. The van der Waals surface area contributed by atoms with Gasteiger partial charge in [-0.05, 0) is 40.8 Å². The summed E-state index contributed by atoms with van der Waals surface area (Å²) in [6.07, 6.45) is 5.71. The fraction of sp³-hybridized carbons (Fsp3) is 0.415. The minimum absolute atomic E-state index is 0.0651. The normalized spacial score (nSPS) is 30.5. The van der Waals surface area contributed by atoms with Crippen molar-refractivity contribution in [2.24, 2.45) is 17.8 Å². The monoisotopic (exact) mass is 707 g/mol. The van der Waals surface area contributed by atoms with Gasteiger partial charge in [-0.2, -0.15) is 0 Å². The number of esters is 1. The van der Waals surface area contributed by atoms with E-state index in [1.165, 1.54) is 12.0 Å². The fourth-order valence-electron chi connectivity index (χ4n) is 8.38. The van der Waals surface area contributed by atoms with E-state index in [-0.39, 0.29) is 43.9 Å². The summed E-state index contributed by atoms with van der Waals surface area (Å²) in [6.45, 7) is 3.66. The van der Waals surface area contributed by atoms with Gasteiger partial charge in [-0.1, -0.05) is 98.8 Å². The Bertz CT molecular complexity index is 1890. The molecule has 0 saturated carbocycles. The Balaban J connectivity index is 1.34. The molecule has 3 aromatic carbocycles. The highest BCUT2D eigenvalue weighted by molar-refractivity contribution is 6.06. The molecule has 0 aliphatic carbocycles. The number of nitrogens with zero attached hydrogens (tertiary/aromatic N) is 2. The highest BCUT2D eigenvalue weighted by atomic mass is 16.6. The quantitative estimate of drug-likeness (QED) is 0.277. The van der Waals surface area contributed by atoms with Gasteiger partial charge in [-0.15, -0.1) is 0 Å². The first kappa shape index (κ1) is 35.6. The lowest BCUT2D eigenvalue weighted by Crippen LogP contribution is -2.59. The first-order valence-electron chi connectivity index (χ1n) is 18.0. The molecule has 3 amide bonds. The molecule has 7 rings (SSSR count). The summed E-state index contributed by atoms with van der Waals surface area (Å²) in [5, 5.41) is 15.7. The SMILES string of the molecule is COC[C@@H]1NC(=O)CC/C=C\[C@@H]2O[C@@]34C=CCN(c5ccc6ccccc6c5)C(=O)[C@@H]3N([C@@H](CO)C(C)C)C(=O)[C@H]4[C@@H]2C(=O)O[C@H]1c1ccccc1. The van der Waals surface area contributed by atoms with Crippen LogP contribution in [0.1, 0.15) is 38.4 Å². The number of hydrogen-bond donors (Lipinski definition) is 2. The maximum Gasteiger partial charge on any atom is 0.313 e. The number of benzene rings is 3. The van der Waals surface area contributed by atoms with Gasteiger partial charge in [0.2, 0.25) is 11.8 Å². The summed E-state index contributed by atoms with van der Waals surface area (Å²) < 4.78 is 18.7. The molecule has 2 fully saturated rings. The zero-order valence-electron chi connectivity index (χ0n) is 29.6. The number of aliphatic hydroxyl groups excluding tert-OH is 1. The van der Waals surface area contributed by atoms with E-state index in [9.17, 15) is 19.5 Å². The second-order valence-electron chi connectivity index (χ2n) is 14.3. The van der Waals surface area contributed by atoms with Gasteiger partial charge in [0, 0.05) is 25.8 Å². The summed E-state index contributed by atoms with van der Waals surface area (Å²) >= 11 is 0. The molecule has 272 valence electrons. The van der Waals surface area contributed by atoms with Crippen molar-refractivity contribution < 1.29 is 38.5 Å². The van der Waals surface area contributed by atoms with Crippen molar-refractivity contribution in [2.75, 3.05) is 31.8 Å². The van der Waals surface area contributed by atoms with Crippen molar-refractivity contribution in [3.05, 3.63) is 103 Å². The van der Waals surface area contributed by atoms with E-state index in [0.29, 0.717) is 17.7 Å². The Labute approximate surface area is 303 Å². The van der Waals surface area contributed by atoms with Crippen molar-refractivity contribution in [1.82, 2.24) is 10.2 Å². The summed E-state index contributed by atoms with van der Waals surface area (Å²) in [5.74, 6) is -4.27. The molecule has 3 aromatic rings. The molecule has 8 atom stereocenters. The minimum Gasteiger partial charge on any atom is -0.455 e. The van der Waals surface area contributed by atoms with Crippen molar-refractivity contribution in [2.45, 2.75) is 62.6 Å². The maximum atomic E-state index is 15.0. The molecule has 0 unspecified atom stereocenters. The number of allylic oxidation sites excluding steroid dienone is 1. The van der Waals surface area contributed by atoms with Crippen molar-refractivity contribution in [1.29, 1.82) is 0 Å². The van der Waals surface area contributed by atoms with Crippen LogP contribution in [0, 0.1) is 17.8 Å². The highest BCUT2D eigenvalue weighted by Crippen LogP contribution is 2.54. The molecular weight excluding hydrogens is 662 g/mol. The molecule has 11 heteroatoms. The number of nitrogens with one attached hydrogen (secondary N) is 1. The van der Waals surface area contributed by atoms with Crippen LogP contribution in [0.15, 0.2) is 97.1 Å². The van der Waals surface area contributed by atoms with Crippen molar-refractivity contribution >= 4 is 40.2 Å². The van der Waals surface area contributed by atoms with Gasteiger partial charge in [0.25, 0.3) is 5.91 Å². The van der Waals surface area contributed by atoms with Crippen LogP contribution in [0.2, 0.25) is 0 Å². The van der Waals surface area contributed by atoms with E-state index in [4.69, 9.17) is 14.2 Å². The number of cyclic esters (lactones) is 1. The summed E-state index contributed by atoms with van der Waals surface area (Å²) in [5.41, 5.74) is -0.255. The van der Waals surface area contributed by atoms with E-state index < -0.39 is 59.6 Å². The molecule has 0 bridgehead atoms. The van der Waals surface area contributed by atoms with Crippen LogP contribution in [-0.4, -0.2) is 90.4 Å².